The van der Waals surface area contributed by atoms with Crippen molar-refractivity contribution in [2.24, 2.45) is 4.99 Å². The minimum atomic E-state index is -3.41. The number of hydrogen-bond acceptors (Lipinski definition) is 4. The number of nitrogens with zero attached hydrogens (tertiary/aromatic N) is 2. The van der Waals surface area contributed by atoms with Gasteiger partial charge >= 0.3 is 0 Å². The number of guanidine groups is 1. The van der Waals surface area contributed by atoms with Crippen molar-refractivity contribution in [1.82, 2.24) is 14.9 Å². The second-order valence-electron chi connectivity index (χ2n) is 6.14. The molecule has 28 heavy (non-hydrogen) atoms. The normalized spacial score (nSPS) is 12.0. The van der Waals surface area contributed by atoms with Crippen LogP contribution in [0.25, 0.3) is 0 Å². The molecule has 0 spiro atoms. The maximum Gasteiger partial charge on any atom is 0.252 e. The Balaban J connectivity index is 0.00000392. The second-order valence-corrected chi connectivity index (χ2v) is 9.69. The fourth-order valence-corrected chi connectivity index (χ4v) is 4.72. The third-order valence-electron chi connectivity index (χ3n) is 3.79. The summed E-state index contributed by atoms with van der Waals surface area (Å²) in [5, 5.41) is 6.34. The summed E-state index contributed by atoms with van der Waals surface area (Å²) in [7, 11) is -0.383. The number of nitrogens with one attached hydrogen (secondary N) is 2. The van der Waals surface area contributed by atoms with Crippen LogP contribution in [0.15, 0.2) is 39.5 Å². The zero-order valence-electron chi connectivity index (χ0n) is 16.3. The van der Waals surface area contributed by atoms with Gasteiger partial charge in [-0.3, -0.25) is 0 Å². The van der Waals surface area contributed by atoms with Gasteiger partial charge in [0.1, 0.15) is 10.0 Å². The molecule has 1 heterocycles. The molecule has 1 aromatic carbocycles. The molecule has 0 aliphatic heterocycles. The van der Waals surface area contributed by atoms with Gasteiger partial charge in [0.25, 0.3) is 10.0 Å². The first-order valence-corrected chi connectivity index (χ1v) is 10.8. The van der Waals surface area contributed by atoms with E-state index in [1.165, 1.54) is 35.8 Å². The molecule has 6 nitrogen and oxygen atoms in total. The molecule has 0 bridgehead atoms. The summed E-state index contributed by atoms with van der Waals surface area (Å²) in [5.41, 5.74) is 1.51. The van der Waals surface area contributed by atoms with Gasteiger partial charge in [0.2, 0.25) is 0 Å². The van der Waals surface area contributed by atoms with E-state index in [1.54, 1.807) is 31.2 Å². The molecular weight excluding hydrogens is 514 g/mol. The van der Waals surface area contributed by atoms with Gasteiger partial charge in [-0.25, -0.2) is 22.1 Å². The highest BCUT2D eigenvalue weighted by Gasteiger charge is 2.19. The minimum absolute atomic E-state index is 0. The van der Waals surface area contributed by atoms with Crippen molar-refractivity contribution < 1.29 is 12.8 Å². The highest BCUT2D eigenvalue weighted by Crippen LogP contribution is 2.23. The van der Waals surface area contributed by atoms with E-state index in [-0.39, 0.29) is 29.8 Å². The lowest BCUT2D eigenvalue weighted by Crippen LogP contribution is -2.36. The third kappa shape index (κ3) is 6.68. The van der Waals surface area contributed by atoms with Gasteiger partial charge in [-0.2, -0.15) is 0 Å². The predicted octanol–water partition coefficient (Wildman–Crippen LogP) is 3.32. The second kappa shape index (κ2) is 11.1. The van der Waals surface area contributed by atoms with E-state index in [0.29, 0.717) is 35.4 Å². The van der Waals surface area contributed by atoms with Crippen molar-refractivity contribution in [3.8, 4) is 0 Å². The molecule has 0 saturated carbocycles. The summed E-state index contributed by atoms with van der Waals surface area (Å²) in [4.78, 5) is 5.39. The molecule has 2 aromatic rings. The highest BCUT2D eigenvalue weighted by molar-refractivity contribution is 14.0. The summed E-state index contributed by atoms with van der Waals surface area (Å²) in [6.07, 6.45) is 0. The van der Waals surface area contributed by atoms with E-state index in [0.717, 1.165) is 10.4 Å². The lowest BCUT2D eigenvalue weighted by atomic mass is 10.1. The molecule has 10 heteroatoms. The number of hydrogen-bond donors (Lipinski definition) is 2. The van der Waals surface area contributed by atoms with Crippen LogP contribution < -0.4 is 10.6 Å². The Morgan fingerprint density at radius 3 is 2.54 bits per heavy atom. The first kappa shape index (κ1) is 24.8. The number of aryl methyl sites for hydroxylation is 1. The van der Waals surface area contributed by atoms with Gasteiger partial charge in [0.15, 0.2) is 5.96 Å². The number of rotatable bonds is 7. The van der Waals surface area contributed by atoms with Crippen LogP contribution in [0.1, 0.15) is 22.9 Å². The molecule has 0 radical (unpaired) electrons. The van der Waals surface area contributed by atoms with Crippen LogP contribution in [0.4, 0.5) is 4.39 Å². The summed E-state index contributed by atoms with van der Waals surface area (Å²) in [6.45, 7) is 5.26. The molecule has 0 aliphatic carbocycles. The molecule has 0 aliphatic rings. The van der Waals surface area contributed by atoms with Gasteiger partial charge in [-0.1, -0.05) is 12.1 Å². The van der Waals surface area contributed by atoms with Gasteiger partial charge < -0.3 is 10.6 Å². The fourth-order valence-electron chi connectivity index (χ4n) is 2.26. The van der Waals surface area contributed by atoms with Crippen LogP contribution in [0, 0.1) is 12.7 Å². The van der Waals surface area contributed by atoms with E-state index < -0.39 is 10.0 Å². The maximum absolute atomic E-state index is 13.4. The van der Waals surface area contributed by atoms with Gasteiger partial charge in [0, 0.05) is 25.5 Å². The summed E-state index contributed by atoms with van der Waals surface area (Å²) < 4.78 is 39.2. The Morgan fingerprint density at radius 2 is 1.93 bits per heavy atom. The SMILES string of the molecule is CCNC(=NCc1ccc(F)c(C)c1)NCc1ccc(S(=O)(=O)N(C)C)s1.I. The number of sulfonamides is 1. The highest BCUT2D eigenvalue weighted by atomic mass is 127. The predicted molar refractivity (Wildman–Crippen MR) is 123 cm³/mol. The molecule has 156 valence electrons. The van der Waals surface area contributed by atoms with Gasteiger partial charge in [-0.05, 0) is 43.2 Å². The average molecular weight is 540 g/mol. The molecule has 0 saturated heterocycles. The number of aliphatic imine (C=N–C) groups is 1. The minimum Gasteiger partial charge on any atom is -0.357 e. The van der Waals surface area contributed by atoms with Crippen molar-refractivity contribution in [2.45, 2.75) is 31.1 Å². The lowest BCUT2D eigenvalue weighted by molar-refractivity contribution is 0.523. The van der Waals surface area contributed by atoms with E-state index in [4.69, 9.17) is 0 Å². The molecule has 0 unspecified atom stereocenters. The van der Waals surface area contributed by atoms with Gasteiger partial charge in [0.05, 0.1) is 13.1 Å². The van der Waals surface area contributed by atoms with Crippen molar-refractivity contribution >= 4 is 51.3 Å². The van der Waals surface area contributed by atoms with E-state index in [9.17, 15) is 12.8 Å². The van der Waals surface area contributed by atoms with Gasteiger partial charge in [-0.15, -0.1) is 35.3 Å². The van der Waals surface area contributed by atoms with E-state index >= 15 is 0 Å². The maximum atomic E-state index is 13.4. The average Bonchev–Trinajstić information content (AvgIpc) is 3.10. The third-order valence-corrected chi connectivity index (χ3v) is 7.16. The first-order valence-electron chi connectivity index (χ1n) is 8.52. The van der Waals surface area contributed by atoms with Crippen LogP contribution in [-0.2, 0) is 23.1 Å². The summed E-state index contributed by atoms with van der Waals surface area (Å²) >= 11 is 1.23. The van der Waals surface area contributed by atoms with Crippen molar-refractivity contribution in [3.63, 3.8) is 0 Å². The fraction of sp³-hybridized carbons (Fsp3) is 0.389. The number of thiophene rings is 1. The molecule has 0 atom stereocenters. The molecule has 2 N–H and O–H groups in total. The molecule has 1 aromatic heterocycles. The molecule has 2 rings (SSSR count). The van der Waals surface area contributed by atoms with Crippen molar-refractivity contribution in [3.05, 3.63) is 52.2 Å². The van der Waals surface area contributed by atoms with E-state index in [2.05, 4.69) is 15.6 Å². The van der Waals surface area contributed by atoms with Crippen LogP contribution in [0.5, 0.6) is 0 Å². The smallest absolute Gasteiger partial charge is 0.252 e. The Labute approximate surface area is 187 Å². The lowest BCUT2D eigenvalue weighted by Gasteiger charge is -2.11. The van der Waals surface area contributed by atoms with Crippen LogP contribution in [0.3, 0.4) is 0 Å². The molecule has 0 fully saturated rings. The van der Waals surface area contributed by atoms with E-state index in [1.807, 2.05) is 6.92 Å². The first-order chi connectivity index (χ1) is 12.7. The number of halogens is 2. The van der Waals surface area contributed by atoms with Crippen molar-refractivity contribution in [2.75, 3.05) is 20.6 Å². The summed E-state index contributed by atoms with van der Waals surface area (Å²) in [6, 6.07) is 8.34. The summed E-state index contributed by atoms with van der Waals surface area (Å²) in [5.74, 6) is 0.388. The monoisotopic (exact) mass is 540 g/mol. The quantitative estimate of drug-likeness (QED) is 0.321. The van der Waals surface area contributed by atoms with Crippen molar-refractivity contribution in [1.29, 1.82) is 0 Å². The molecular formula is C18H26FIN4O2S2. The van der Waals surface area contributed by atoms with Crippen LogP contribution in [-0.4, -0.2) is 39.3 Å². The zero-order chi connectivity index (χ0) is 20.0. The largest absolute Gasteiger partial charge is 0.357 e. The van der Waals surface area contributed by atoms with Crippen LogP contribution >= 0.6 is 35.3 Å². The topological polar surface area (TPSA) is 73.8 Å². The zero-order valence-corrected chi connectivity index (χ0v) is 20.3. The standard InChI is InChI=1S/C18H25FN4O2S2.HI/c1-5-20-18(21-11-14-6-8-16(19)13(2)10-14)22-12-15-7-9-17(26-15)27(24,25)23(3)4;/h6-10H,5,11-12H2,1-4H3,(H2,20,21,22);1H. The Hall–Kier alpha value is -1.24. The van der Waals surface area contributed by atoms with Crippen LogP contribution in [0.2, 0.25) is 0 Å². The number of benzene rings is 1. The Bertz CT molecular complexity index is 914. The Morgan fingerprint density at radius 1 is 1.21 bits per heavy atom. The molecule has 0 amide bonds. The Kier molecular flexibility index (Phi) is 9.81.